The molecule has 0 aromatic heterocycles. The van der Waals surface area contributed by atoms with E-state index in [2.05, 4.69) is 15.2 Å². The largest absolute Gasteiger partial charge is 0.416 e. The number of benzene rings is 1. The van der Waals surface area contributed by atoms with Crippen LogP contribution < -0.4 is 0 Å². The van der Waals surface area contributed by atoms with Gasteiger partial charge in [0.15, 0.2) is 12.0 Å². The second kappa shape index (κ2) is 4.56. The van der Waals surface area contributed by atoms with Crippen molar-refractivity contribution in [2.75, 3.05) is 0 Å². The Morgan fingerprint density at radius 2 is 1.89 bits per heavy atom. The molecule has 0 N–H and O–H groups in total. The predicted molar refractivity (Wildman–Crippen MR) is 56.7 cm³/mol. The van der Waals surface area contributed by atoms with Gasteiger partial charge in [-0.2, -0.15) is 23.5 Å². The molecule has 1 aromatic carbocycles. The SMILES string of the molecule is N#CCC1=N[C@H](c2ccc(C(F)(F)F)cc2)N=N1. The molecule has 18 heavy (non-hydrogen) atoms. The third kappa shape index (κ3) is 2.53. The minimum absolute atomic E-state index is 0.0423. The zero-order valence-corrected chi connectivity index (χ0v) is 9.02. The molecular formula is C11H7F3N4. The van der Waals surface area contributed by atoms with Crippen LogP contribution in [0.15, 0.2) is 39.5 Å². The van der Waals surface area contributed by atoms with Crippen molar-refractivity contribution in [2.24, 2.45) is 15.2 Å². The first kappa shape index (κ1) is 12.2. The monoisotopic (exact) mass is 252 g/mol. The van der Waals surface area contributed by atoms with Crippen molar-refractivity contribution in [1.82, 2.24) is 0 Å². The molecule has 7 heteroatoms. The van der Waals surface area contributed by atoms with Gasteiger partial charge in [0, 0.05) is 5.56 Å². The van der Waals surface area contributed by atoms with Gasteiger partial charge in [-0.15, -0.1) is 5.11 Å². The highest BCUT2D eigenvalue weighted by Gasteiger charge is 2.30. The van der Waals surface area contributed by atoms with Crippen LogP contribution in [0.25, 0.3) is 0 Å². The number of azo groups is 1. The highest BCUT2D eigenvalue weighted by Crippen LogP contribution is 2.31. The minimum atomic E-state index is -4.36. The number of alkyl halides is 3. The van der Waals surface area contributed by atoms with Gasteiger partial charge in [0.2, 0.25) is 0 Å². The molecule has 0 saturated carbocycles. The van der Waals surface area contributed by atoms with E-state index < -0.39 is 17.9 Å². The quantitative estimate of drug-likeness (QED) is 0.794. The van der Waals surface area contributed by atoms with Crippen molar-refractivity contribution in [1.29, 1.82) is 5.26 Å². The Kier molecular flexibility index (Phi) is 3.10. The molecule has 1 heterocycles. The summed E-state index contributed by atoms with van der Waals surface area (Å²) in [6, 6.07) is 6.45. The van der Waals surface area contributed by atoms with E-state index in [9.17, 15) is 13.2 Å². The van der Waals surface area contributed by atoms with E-state index in [0.29, 0.717) is 11.4 Å². The summed E-state index contributed by atoms with van der Waals surface area (Å²) in [4.78, 5) is 4.02. The molecule has 0 radical (unpaired) electrons. The summed E-state index contributed by atoms with van der Waals surface area (Å²) in [5, 5.41) is 15.9. The molecule has 2 rings (SSSR count). The number of halogens is 3. The van der Waals surface area contributed by atoms with Gasteiger partial charge in [0.1, 0.15) is 0 Å². The average molecular weight is 252 g/mol. The van der Waals surface area contributed by atoms with Gasteiger partial charge >= 0.3 is 6.18 Å². The summed E-state index contributed by atoms with van der Waals surface area (Å²) in [7, 11) is 0. The summed E-state index contributed by atoms with van der Waals surface area (Å²) in [5.74, 6) is 0.294. The second-order valence-electron chi connectivity index (χ2n) is 3.59. The molecule has 0 bridgehead atoms. The van der Waals surface area contributed by atoms with Crippen LogP contribution in [0, 0.1) is 11.3 Å². The van der Waals surface area contributed by atoms with Crippen LogP contribution in [0.5, 0.6) is 0 Å². The number of rotatable bonds is 2. The van der Waals surface area contributed by atoms with E-state index in [1.807, 2.05) is 6.07 Å². The fourth-order valence-electron chi connectivity index (χ4n) is 1.45. The molecule has 1 aromatic rings. The first-order valence-electron chi connectivity index (χ1n) is 5.02. The smallest absolute Gasteiger partial charge is 0.234 e. The van der Waals surface area contributed by atoms with E-state index in [4.69, 9.17) is 5.26 Å². The number of hydrogen-bond donors (Lipinski definition) is 0. The number of nitriles is 1. The molecule has 1 aliphatic heterocycles. The molecule has 0 amide bonds. The van der Waals surface area contributed by atoms with Crippen molar-refractivity contribution in [3.8, 4) is 6.07 Å². The Morgan fingerprint density at radius 1 is 1.22 bits per heavy atom. The Balaban J connectivity index is 2.18. The zero-order valence-electron chi connectivity index (χ0n) is 9.02. The average Bonchev–Trinajstić information content (AvgIpc) is 2.77. The number of hydrogen-bond acceptors (Lipinski definition) is 4. The van der Waals surface area contributed by atoms with Crippen molar-refractivity contribution < 1.29 is 13.2 Å². The maximum atomic E-state index is 12.4. The van der Waals surface area contributed by atoms with Gasteiger partial charge < -0.3 is 0 Å². The number of amidine groups is 1. The normalized spacial score (nSPS) is 18.6. The Hall–Kier alpha value is -2.23. The lowest BCUT2D eigenvalue weighted by atomic mass is 10.1. The maximum Gasteiger partial charge on any atom is 0.416 e. The second-order valence-corrected chi connectivity index (χ2v) is 3.59. The Labute approximate surface area is 100 Å². The predicted octanol–water partition coefficient (Wildman–Crippen LogP) is 3.48. The van der Waals surface area contributed by atoms with Gasteiger partial charge in [-0.1, -0.05) is 12.1 Å². The highest BCUT2D eigenvalue weighted by atomic mass is 19.4. The van der Waals surface area contributed by atoms with Crippen molar-refractivity contribution in [2.45, 2.75) is 18.8 Å². The van der Waals surface area contributed by atoms with Gasteiger partial charge in [-0.05, 0) is 12.1 Å². The van der Waals surface area contributed by atoms with Crippen LogP contribution in [0.1, 0.15) is 23.7 Å². The van der Waals surface area contributed by atoms with Gasteiger partial charge in [-0.3, -0.25) is 0 Å². The molecule has 1 aliphatic rings. The van der Waals surface area contributed by atoms with Crippen LogP contribution in [0.4, 0.5) is 13.2 Å². The molecule has 0 spiro atoms. The van der Waals surface area contributed by atoms with Crippen LogP contribution in [0.2, 0.25) is 0 Å². The lowest BCUT2D eigenvalue weighted by Crippen LogP contribution is -2.04. The van der Waals surface area contributed by atoms with E-state index in [-0.39, 0.29) is 6.42 Å². The van der Waals surface area contributed by atoms with Crippen LogP contribution in [0.3, 0.4) is 0 Å². The standard InChI is InChI=1S/C11H7F3N4/c12-11(13,14)8-3-1-7(2-4-8)10-16-9(5-6-15)17-18-10/h1-4,10H,5H2/t10-/m0/s1. The number of aliphatic imine (C=N–C) groups is 1. The van der Waals surface area contributed by atoms with Gasteiger partial charge in [-0.25, -0.2) is 4.99 Å². The van der Waals surface area contributed by atoms with Crippen LogP contribution in [-0.2, 0) is 6.18 Å². The summed E-state index contributed by atoms with van der Waals surface area (Å²) < 4.78 is 37.1. The third-order valence-electron chi connectivity index (χ3n) is 2.33. The molecule has 0 fully saturated rings. The third-order valence-corrected chi connectivity index (χ3v) is 2.33. The Bertz CT molecular complexity index is 537. The molecular weight excluding hydrogens is 245 g/mol. The molecule has 0 unspecified atom stereocenters. The first-order valence-corrected chi connectivity index (χ1v) is 5.02. The van der Waals surface area contributed by atoms with Crippen LogP contribution in [-0.4, -0.2) is 5.84 Å². The highest BCUT2D eigenvalue weighted by molar-refractivity contribution is 5.85. The van der Waals surface area contributed by atoms with E-state index in [1.165, 1.54) is 12.1 Å². The van der Waals surface area contributed by atoms with E-state index >= 15 is 0 Å². The van der Waals surface area contributed by atoms with Gasteiger partial charge in [0.05, 0.1) is 18.1 Å². The fraction of sp³-hybridized carbons (Fsp3) is 0.273. The lowest BCUT2D eigenvalue weighted by molar-refractivity contribution is -0.137. The molecule has 4 nitrogen and oxygen atoms in total. The van der Waals surface area contributed by atoms with Crippen molar-refractivity contribution in [3.05, 3.63) is 35.4 Å². The molecule has 0 aliphatic carbocycles. The molecule has 92 valence electrons. The zero-order chi connectivity index (χ0) is 13.2. The minimum Gasteiger partial charge on any atom is -0.234 e. The van der Waals surface area contributed by atoms with Crippen LogP contribution >= 0.6 is 0 Å². The van der Waals surface area contributed by atoms with Crippen molar-refractivity contribution >= 4 is 5.84 Å². The maximum absolute atomic E-state index is 12.4. The molecule has 1 atom stereocenters. The summed E-state index contributed by atoms with van der Waals surface area (Å²) in [6.07, 6.45) is -4.96. The summed E-state index contributed by atoms with van der Waals surface area (Å²) in [6.45, 7) is 0. The molecule has 0 saturated heterocycles. The summed E-state index contributed by atoms with van der Waals surface area (Å²) in [5.41, 5.74) is -0.206. The summed E-state index contributed by atoms with van der Waals surface area (Å²) >= 11 is 0. The van der Waals surface area contributed by atoms with Crippen molar-refractivity contribution in [3.63, 3.8) is 0 Å². The fourth-order valence-corrected chi connectivity index (χ4v) is 1.45. The van der Waals surface area contributed by atoms with E-state index in [1.54, 1.807) is 0 Å². The Morgan fingerprint density at radius 3 is 2.44 bits per heavy atom. The topological polar surface area (TPSA) is 60.9 Å². The first-order chi connectivity index (χ1) is 8.50. The van der Waals surface area contributed by atoms with Gasteiger partial charge in [0.25, 0.3) is 0 Å². The number of nitrogens with zero attached hydrogens (tertiary/aromatic N) is 4. The lowest BCUT2D eigenvalue weighted by Gasteiger charge is -2.08. The van der Waals surface area contributed by atoms with E-state index in [0.717, 1.165) is 12.1 Å².